The molecule has 0 amide bonds. The normalized spacial score (nSPS) is 15.2. The minimum absolute atomic E-state index is 0.348. The summed E-state index contributed by atoms with van der Waals surface area (Å²) in [5, 5.41) is 0. The number of rotatable bonds is 4. The second-order valence-corrected chi connectivity index (χ2v) is 16.1. The number of hydrogen-bond donors (Lipinski definition) is 0. The van der Waals surface area contributed by atoms with E-state index in [0.29, 0.717) is 0 Å². The number of fused-ring (bicyclic) bond motifs is 18. The third kappa shape index (κ3) is 4.00. The van der Waals surface area contributed by atoms with Crippen molar-refractivity contribution in [3.8, 4) is 22.3 Å². The van der Waals surface area contributed by atoms with Crippen molar-refractivity contribution in [2.75, 3.05) is 11.4 Å². The number of hydrogen-bond acceptors (Lipinski definition) is 1. The molecule has 4 aliphatic carbocycles. The van der Waals surface area contributed by atoms with Gasteiger partial charge in [-0.1, -0.05) is 170 Å². The van der Waals surface area contributed by atoms with E-state index in [1.54, 1.807) is 0 Å². The maximum absolute atomic E-state index is 2.61. The average Bonchev–Trinajstić information content (AvgIpc) is 3.72. The van der Waals surface area contributed by atoms with Crippen LogP contribution in [0.25, 0.3) is 22.3 Å². The number of nitrogens with zero attached hydrogens (tertiary/aromatic N) is 1. The molecular weight excluding hydrogens is 675 g/mol. The maximum Gasteiger partial charge on any atom is 0.0719 e. The van der Waals surface area contributed by atoms with Crippen LogP contribution in [0.1, 0.15) is 79.2 Å². The van der Waals surface area contributed by atoms with Gasteiger partial charge in [-0.15, -0.1) is 0 Å². The summed E-state index contributed by atoms with van der Waals surface area (Å²) < 4.78 is 0. The van der Waals surface area contributed by atoms with Crippen LogP contribution < -0.4 is 4.90 Å². The van der Waals surface area contributed by atoms with Crippen LogP contribution in [0.3, 0.4) is 0 Å². The molecule has 1 nitrogen and oxygen atoms in total. The first-order valence-electron chi connectivity index (χ1n) is 20.3. The molecule has 56 heavy (non-hydrogen) atoms. The van der Waals surface area contributed by atoms with Gasteiger partial charge in [0, 0.05) is 18.8 Å². The van der Waals surface area contributed by atoms with Crippen molar-refractivity contribution in [2.24, 2.45) is 0 Å². The van der Waals surface area contributed by atoms with Crippen molar-refractivity contribution < 1.29 is 0 Å². The lowest BCUT2D eigenvalue weighted by Crippen LogP contribution is -2.35. The molecule has 0 aromatic heterocycles. The lowest BCUT2D eigenvalue weighted by molar-refractivity contribution is 0.709. The lowest BCUT2D eigenvalue weighted by Gasteiger charge is -2.42. The van der Waals surface area contributed by atoms with E-state index in [4.69, 9.17) is 0 Å². The van der Waals surface area contributed by atoms with Crippen molar-refractivity contribution in [1.82, 2.24) is 0 Å². The van der Waals surface area contributed by atoms with Gasteiger partial charge in [0.05, 0.1) is 10.8 Å². The summed E-state index contributed by atoms with van der Waals surface area (Å²) in [6, 6.07) is 69.5. The van der Waals surface area contributed by atoms with E-state index in [2.05, 4.69) is 194 Å². The highest BCUT2D eigenvalue weighted by Gasteiger charge is 2.51. The van der Waals surface area contributed by atoms with Crippen LogP contribution >= 0.6 is 0 Å². The van der Waals surface area contributed by atoms with Gasteiger partial charge in [-0.3, -0.25) is 0 Å². The van der Waals surface area contributed by atoms with E-state index in [0.717, 1.165) is 25.9 Å². The molecule has 0 radical (unpaired) electrons. The van der Waals surface area contributed by atoms with Crippen LogP contribution in [0.4, 0.5) is 5.69 Å². The Labute approximate surface area is 329 Å². The second kappa shape index (κ2) is 11.8. The van der Waals surface area contributed by atoms with Gasteiger partial charge in [0.1, 0.15) is 0 Å². The van der Waals surface area contributed by atoms with Gasteiger partial charge in [0.15, 0.2) is 0 Å². The molecule has 0 N–H and O–H groups in total. The summed E-state index contributed by atoms with van der Waals surface area (Å²) in [5.41, 5.74) is 24.4. The van der Waals surface area contributed by atoms with Crippen LogP contribution in [0.15, 0.2) is 182 Å². The average molecular weight is 716 g/mol. The van der Waals surface area contributed by atoms with Crippen LogP contribution in [0.2, 0.25) is 0 Å². The molecule has 0 fully saturated rings. The number of anilines is 1. The minimum Gasteiger partial charge on any atom is -0.367 e. The number of benzene rings is 8. The highest BCUT2D eigenvalue weighted by molar-refractivity contribution is 5.89. The van der Waals surface area contributed by atoms with Crippen LogP contribution in [0.5, 0.6) is 0 Å². The monoisotopic (exact) mass is 715 g/mol. The maximum atomic E-state index is 2.61. The van der Waals surface area contributed by atoms with Crippen molar-refractivity contribution >= 4 is 5.69 Å². The Bertz CT molecular complexity index is 2820. The first-order chi connectivity index (χ1) is 27.7. The molecule has 0 saturated carbocycles. The topological polar surface area (TPSA) is 3.24 Å². The summed E-state index contributed by atoms with van der Waals surface area (Å²) in [4.78, 5) is 2.61. The molecule has 0 heterocycles. The molecule has 2 spiro atoms. The summed E-state index contributed by atoms with van der Waals surface area (Å²) >= 11 is 0. The molecule has 8 aromatic carbocycles. The van der Waals surface area contributed by atoms with E-state index < -0.39 is 0 Å². The third-order valence-electron chi connectivity index (χ3n) is 13.8. The molecule has 0 saturated heterocycles. The largest absolute Gasteiger partial charge is 0.367 e. The second-order valence-electron chi connectivity index (χ2n) is 16.1. The van der Waals surface area contributed by atoms with E-state index in [1.165, 1.54) is 100 Å². The van der Waals surface area contributed by atoms with Gasteiger partial charge in [-0.25, -0.2) is 0 Å². The standard InChI is InChI=1S/C55H41N/c1-2-56(40-31-30-38-32-36-16-3-9-23-46(36)55(53(38)34-40)50-27-13-7-21-43(50)44-22-8-14-28-51(44)55)35-39-18-15-29-52-45(39)33-37-17-4-10-24-47(37)54(52)48-25-11-5-19-41(48)42-20-6-12-26-49(42)54/h3-31,34H,2,32-33,35H2,1H3. The Balaban J connectivity index is 1.03. The predicted molar refractivity (Wildman–Crippen MR) is 230 cm³/mol. The predicted octanol–water partition coefficient (Wildman–Crippen LogP) is 12.2. The highest BCUT2D eigenvalue weighted by atomic mass is 15.1. The van der Waals surface area contributed by atoms with E-state index in [1.807, 2.05) is 0 Å². The fraction of sp³-hybridized carbons (Fsp3) is 0.127. The van der Waals surface area contributed by atoms with E-state index in [-0.39, 0.29) is 10.8 Å². The summed E-state index contributed by atoms with van der Waals surface area (Å²) in [7, 11) is 0. The third-order valence-corrected chi connectivity index (χ3v) is 13.8. The fourth-order valence-corrected chi connectivity index (χ4v) is 11.6. The molecule has 4 aliphatic rings. The quantitative estimate of drug-likeness (QED) is 0.175. The Morgan fingerprint density at radius 2 is 0.821 bits per heavy atom. The van der Waals surface area contributed by atoms with Crippen LogP contribution in [-0.4, -0.2) is 6.54 Å². The molecule has 0 atom stereocenters. The molecule has 0 bridgehead atoms. The van der Waals surface area contributed by atoms with Crippen molar-refractivity contribution in [1.29, 1.82) is 0 Å². The first-order valence-corrected chi connectivity index (χ1v) is 20.3. The minimum atomic E-state index is -0.363. The summed E-state index contributed by atoms with van der Waals surface area (Å²) in [6.45, 7) is 4.07. The Morgan fingerprint density at radius 1 is 0.393 bits per heavy atom. The Morgan fingerprint density at radius 3 is 1.36 bits per heavy atom. The van der Waals surface area contributed by atoms with Gasteiger partial charge in [0.25, 0.3) is 0 Å². The molecule has 266 valence electrons. The van der Waals surface area contributed by atoms with Crippen molar-refractivity contribution in [3.05, 3.63) is 254 Å². The molecule has 0 aliphatic heterocycles. The fourth-order valence-electron chi connectivity index (χ4n) is 11.6. The first kappa shape index (κ1) is 31.9. The Kier molecular flexibility index (Phi) is 6.70. The van der Waals surface area contributed by atoms with Gasteiger partial charge in [0.2, 0.25) is 0 Å². The summed E-state index contributed by atoms with van der Waals surface area (Å²) in [5.74, 6) is 0. The molecule has 0 unspecified atom stereocenters. The highest BCUT2D eigenvalue weighted by Crippen LogP contribution is 2.61. The zero-order valence-corrected chi connectivity index (χ0v) is 31.6. The molecular formula is C55H41N. The molecule has 12 rings (SSSR count). The molecule has 8 aromatic rings. The molecule has 1 heteroatoms. The van der Waals surface area contributed by atoms with E-state index in [9.17, 15) is 0 Å². The van der Waals surface area contributed by atoms with Gasteiger partial charge in [-0.2, -0.15) is 0 Å². The smallest absolute Gasteiger partial charge is 0.0719 e. The lowest BCUT2D eigenvalue weighted by atomic mass is 9.61. The van der Waals surface area contributed by atoms with Crippen LogP contribution in [-0.2, 0) is 30.2 Å². The zero-order valence-electron chi connectivity index (χ0n) is 31.6. The van der Waals surface area contributed by atoms with Gasteiger partial charge < -0.3 is 4.90 Å². The van der Waals surface area contributed by atoms with Gasteiger partial charge in [-0.05, 0) is 126 Å². The van der Waals surface area contributed by atoms with Crippen LogP contribution in [0, 0.1) is 0 Å². The van der Waals surface area contributed by atoms with Gasteiger partial charge >= 0.3 is 0 Å². The van der Waals surface area contributed by atoms with E-state index >= 15 is 0 Å². The summed E-state index contributed by atoms with van der Waals surface area (Å²) in [6.07, 6.45) is 1.88. The van der Waals surface area contributed by atoms with Crippen molar-refractivity contribution in [3.63, 3.8) is 0 Å². The van der Waals surface area contributed by atoms with Crippen molar-refractivity contribution in [2.45, 2.75) is 37.1 Å². The SMILES string of the molecule is CCN(Cc1cccc2c1Cc1ccccc1C21c2ccccc2-c2ccccc21)c1ccc2c(c1)C1(c3ccccc3C2)c2ccccc2-c2ccccc21. The zero-order chi connectivity index (χ0) is 37.0. The Hall–Kier alpha value is -6.44.